The fraction of sp³-hybridized carbons (Fsp3) is 0.625. The van der Waals surface area contributed by atoms with Crippen molar-refractivity contribution < 1.29 is 9.66 Å². The zero-order valence-electron chi connectivity index (χ0n) is 13.9. The third-order valence-electron chi connectivity index (χ3n) is 4.76. The molecule has 2 heterocycles. The third-order valence-corrected chi connectivity index (χ3v) is 5.00. The Labute approximate surface area is 165 Å². The third kappa shape index (κ3) is 5.42. The average Bonchev–Trinajstić information content (AvgIpc) is 2.57. The standard InChI is InChI=1S/C16H22ClN3O3.2ClH/c17-13-1-2-15(20(21)22)14(11-13)16(12-3-9-23-10-4-12)19-7-5-18-6-8-19;;/h1-2,11-12,16,18H,3-10H2;2*1H/t16-;;/m0../s1. The van der Waals surface area contributed by atoms with Gasteiger partial charge in [0, 0.05) is 62.1 Å². The second-order valence-corrected chi connectivity index (χ2v) is 6.58. The summed E-state index contributed by atoms with van der Waals surface area (Å²) in [5.74, 6) is 0.360. The number of nitrogens with zero attached hydrogens (tertiary/aromatic N) is 2. The number of piperazine rings is 1. The molecule has 3 rings (SSSR count). The molecule has 2 saturated heterocycles. The second kappa shape index (κ2) is 10.5. The van der Waals surface area contributed by atoms with Gasteiger partial charge in [-0.3, -0.25) is 15.0 Å². The summed E-state index contributed by atoms with van der Waals surface area (Å²) >= 11 is 6.17. The van der Waals surface area contributed by atoms with Gasteiger partial charge in [0.25, 0.3) is 5.69 Å². The lowest BCUT2D eigenvalue weighted by Gasteiger charge is -2.40. The number of halogens is 3. The lowest BCUT2D eigenvalue weighted by atomic mass is 9.85. The SMILES string of the molecule is Cl.Cl.O=[N+]([O-])c1ccc(Cl)cc1[C@H](C1CCOCC1)N1CCNCC1. The van der Waals surface area contributed by atoms with Gasteiger partial charge < -0.3 is 10.1 Å². The number of nitro benzene ring substituents is 1. The fourth-order valence-corrected chi connectivity index (χ4v) is 3.85. The van der Waals surface area contributed by atoms with Gasteiger partial charge in [0.1, 0.15) is 0 Å². The van der Waals surface area contributed by atoms with Gasteiger partial charge in [-0.15, -0.1) is 24.8 Å². The van der Waals surface area contributed by atoms with E-state index in [9.17, 15) is 10.1 Å². The molecule has 1 atom stereocenters. The Morgan fingerprint density at radius 2 is 1.88 bits per heavy atom. The van der Waals surface area contributed by atoms with Crippen molar-refractivity contribution in [1.29, 1.82) is 0 Å². The first-order valence-electron chi connectivity index (χ1n) is 8.13. The van der Waals surface area contributed by atoms with E-state index in [2.05, 4.69) is 10.2 Å². The minimum Gasteiger partial charge on any atom is -0.381 e. The van der Waals surface area contributed by atoms with Crippen LogP contribution >= 0.6 is 36.4 Å². The van der Waals surface area contributed by atoms with E-state index >= 15 is 0 Å². The molecule has 0 aromatic heterocycles. The smallest absolute Gasteiger partial charge is 0.274 e. The molecule has 2 aliphatic heterocycles. The molecule has 6 nitrogen and oxygen atoms in total. The molecule has 2 aliphatic rings. The van der Waals surface area contributed by atoms with E-state index in [0.717, 1.165) is 57.8 Å². The molecule has 9 heteroatoms. The van der Waals surface area contributed by atoms with Gasteiger partial charge in [-0.1, -0.05) is 11.6 Å². The highest BCUT2D eigenvalue weighted by Gasteiger charge is 2.35. The zero-order chi connectivity index (χ0) is 16.2. The van der Waals surface area contributed by atoms with Crippen LogP contribution in [0.1, 0.15) is 24.4 Å². The lowest BCUT2D eigenvalue weighted by molar-refractivity contribution is -0.386. The van der Waals surface area contributed by atoms with Gasteiger partial charge >= 0.3 is 0 Å². The number of rotatable bonds is 4. The molecule has 0 aliphatic carbocycles. The quantitative estimate of drug-likeness (QED) is 0.606. The molecular formula is C16H24Cl3N3O3. The van der Waals surface area contributed by atoms with Crippen LogP contribution in [0.2, 0.25) is 5.02 Å². The Hall–Kier alpha value is -0.630. The molecule has 1 aromatic rings. The molecule has 0 saturated carbocycles. The first kappa shape index (κ1) is 22.4. The summed E-state index contributed by atoms with van der Waals surface area (Å²) < 4.78 is 5.48. The van der Waals surface area contributed by atoms with Crippen LogP contribution < -0.4 is 5.32 Å². The Kier molecular flexibility index (Phi) is 9.41. The molecule has 25 heavy (non-hydrogen) atoms. The summed E-state index contributed by atoms with van der Waals surface area (Å²) in [5, 5.41) is 15.4. The van der Waals surface area contributed by atoms with Crippen LogP contribution in [0.3, 0.4) is 0 Å². The van der Waals surface area contributed by atoms with E-state index in [-0.39, 0.29) is 41.5 Å². The maximum absolute atomic E-state index is 11.5. The number of hydrogen-bond acceptors (Lipinski definition) is 5. The van der Waals surface area contributed by atoms with Crippen LogP contribution in [0, 0.1) is 16.0 Å². The topological polar surface area (TPSA) is 67.6 Å². The van der Waals surface area contributed by atoms with Crippen LogP contribution in [-0.4, -0.2) is 49.2 Å². The molecule has 142 valence electrons. The zero-order valence-corrected chi connectivity index (χ0v) is 16.2. The monoisotopic (exact) mass is 411 g/mol. The van der Waals surface area contributed by atoms with Crippen molar-refractivity contribution in [3.05, 3.63) is 38.9 Å². The van der Waals surface area contributed by atoms with Gasteiger partial charge in [-0.2, -0.15) is 0 Å². The average molecular weight is 413 g/mol. The molecule has 1 aromatic carbocycles. The number of benzene rings is 1. The fourth-order valence-electron chi connectivity index (χ4n) is 3.67. The normalized spacial score (nSPS) is 20.2. The van der Waals surface area contributed by atoms with E-state index < -0.39 is 0 Å². The summed E-state index contributed by atoms with van der Waals surface area (Å²) in [7, 11) is 0. The predicted molar refractivity (Wildman–Crippen MR) is 103 cm³/mol. The maximum Gasteiger partial charge on any atom is 0.274 e. The second-order valence-electron chi connectivity index (χ2n) is 6.14. The van der Waals surface area contributed by atoms with Crippen molar-refractivity contribution >= 4 is 42.1 Å². The van der Waals surface area contributed by atoms with Crippen molar-refractivity contribution in [3.8, 4) is 0 Å². The number of nitrogens with one attached hydrogen (secondary N) is 1. The van der Waals surface area contributed by atoms with Crippen LogP contribution in [0.25, 0.3) is 0 Å². The van der Waals surface area contributed by atoms with Gasteiger partial charge in [0.15, 0.2) is 0 Å². The first-order valence-corrected chi connectivity index (χ1v) is 8.51. The summed E-state index contributed by atoms with van der Waals surface area (Å²) in [6, 6.07) is 4.94. The predicted octanol–water partition coefficient (Wildman–Crippen LogP) is 3.46. The van der Waals surface area contributed by atoms with Crippen molar-refractivity contribution in [2.75, 3.05) is 39.4 Å². The number of ether oxygens (including phenoxy) is 1. The molecule has 0 bridgehead atoms. The van der Waals surface area contributed by atoms with Crippen molar-refractivity contribution in [3.63, 3.8) is 0 Å². The highest BCUT2D eigenvalue weighted by molar-refractivity contribution is 6.30. The maximum atomic E-state index is 11.5. The minimum absolute atomic E-state index is 0. The number of hydrogen-bond donors (Lipinski definition) is 1. The van der Waals surface area contributed by atoms with Gasteiger partial charge in [0.05, 0.1) is 4.92 Å². The summed E-state index contributed by atoms with van der Waals surface area (Å²) in [4.78, 5) is 13.6. The van der Waals surface area contributed by atoms with Crippen LogP contribution in [0.15, 0.2) is 18.2 Å². The van der Waals surface area contributed by atoms with Crippen LogP contribution in [0.4, 0.5) is 5.69 Å². The molecule has 0 unspecified atom stereocenters. The van der Waals surface area contributed by atoms with Crippen molar-refractivity contribution in [2.24, 2.45) is 5.92 Å². The lowest BCUT2D eigenvalue weighted by Crippen LogP contribution is -2.47. The molecule has 1 N–H and O–H groups in total. The minimum atomic E-state index is -0.291. The molecule has 0 radical (unpaired) electrons. The first-order chi connectivity index (χ1) is 11.2. The van der Waals surface area contributed by atoms with Crippen LogP contribution in [-0.2, 0) is 4.74 Å². The summed E-state index contributed by atoms with van der Waals surface area (Å²) in [6.45, 7) is 5.06. The van der Waals surface area contributed by atoms with Gasteiger partial charge in [0.2, 0.25) is 0 Å². The largest absolute Gasteiger partial charge is 0.381 e. The molecule has 0 spiro atoms. The molecular weight excluding hydrogens is 389 g/mol. The Bertz CT molecular complexity index is 547. The van der Waals surface area contributed by atoms with Gasteiger partial charge in [-0.25, -0.2) is 0 Å². The highest BCUT2D eigenvalue weighted by Crippen LogP contribution is 2.40. The molecule has 2 fully saturated rings. The summed E-state index contributed by atoms with van der Waals surface area (Å²) in [5.41, 5.74) is 0.917. The number of nitro groups is 1. The molecule has 0 amide bonds. The van der Waals surface area contributed by atoms with E-state index in [1.54, 1.807) is 12.1 Å². The van der Waals surface area contributed by atoms with E-state index in [1.807, 2.05) is 0 Å². The van der Waals surface area contributed by atoms with E-state index in [1.165, 1.54) is 6.07 Å². The van der Waals surface area contributed by atoms with Crippen molar-refractivity contribution in [2.45, 2.75) is 18.9 Å². The van der Waals surface area contributed by atoms with Crippen LogP contribution in [0.5, 0.6) is 0 Å². The van der Waals surface area contributed by atoms with Gasteiger partial charge in [-0.05, 0) is 30.9 Å². The summed E-state index contributed by atoms with van der Waals surface area (Å²) in [6.07, 6.45) is 1.86. The Balaban J connectivity index is 0.00000156. The Morgan fingerprint density at radius 3 is 2.48 bits per heavy atom. The van der Waals surface area contributed by atoms with E-state index in [0.29, 0.717) is 10.9 Å². The Morgan fingerprint density at radius 1 is 1.24 bits per heavy atom. The highest BCUT2D eigenvalue weighted by atomic mass is 35.5. The van der Waals surface area contributed by atoms with Crippen molar-refractivity contribution in [1.82, 2.24) is 10.2 Å². The van der Waals surface area contributed by atoms with E-state index in [4.69, 9.17) is 16.3 Å².